The maximum atomic E-state index is 2.76. The second kappa shape index (κ2) is 7.04. The van der Waals surface area contributed by atoms with Crippen LogP contribution in [0.15, 0.2) is 60.7 Å². The van der Waals surface area contributed by atoms with Crippen LogP contribution in [0.1, 0.15) is 11.1 Å². The van der Waals surface area contributed by atoms with Crippen molar-refractivity contribution in [1.29, 1.82) is 0 Å². The summed E-state index contributed by atoms with van der Waals surface area (Å²) < 4.78 is 0. The predicted octanol–water partition coefficient (Wildman–Crippen LogP) is 3.26. The summed E-state index contributed by atoms with van der Waals surface area (Å²) in [6.07, 6.45) is 2.30. The Morgan fingerprint density at radius 2 is 1.17 bits per heavy atom. The van der Waals surface area contributed by atoms with E-state index in [0.29, 0.717) is 0 Å². The molecule has 2 nitrogen and oxygen atoms in total. The van der Waals surface area contributed by atoms with E-state index in [0.717, 1.165) is 12.8 Å². The van der Waals surface area contributed by atoms with Gasteiger partial charge in [-0.1, -0.05) is 60.7 Å². The van der Waals surface area contributed by atoms with E-state index < -0.39 is 0 Å². The van der Waals surface area contributed by atoms with Gasteiger partial charge in [-0.2, -0.15) is 0 Å². The van der Waals surface area contributed by atoms with E-state index in [-0.39, 0.29) is 17.9 Å². The van der Waals surface area contributed by atoms with Crippen LogP contribution in [0.3, 0.4) is 0 Å². The van der Waals surface area contributed by atoms with Gasteiger partial charge < -0.3 is 0 Å². The van der Waals surface area contributed by atoms with Crippen molar-refractivity contribution in [1.82, 2.24) is 9.80 Å². The number of hydrogen-bond acceptors (Lipinski definition) is 2. The molecule has 0 unspecified atom stereocenters. The molecule has 0 aliphatic carbocycles. The van der Waals surface area contributed by atoms with Crippen LogP contribution in [0.2, 0.25) is 0 Å². The van der Waals surface area contributed by atoms with E-state index in [2.05, 4.69) is 70.5 Å². The number of benzene rings is 2. The third kappa shape index (κ3) is 3.45. The van der Waals surface area contributed by atoms with Crippen molar-refractivity contribution in [2.24, 2.45) is 0 Å². The Bertz CT molecular complexity index is 565. The Balaban J connectivity index is 0.00000156. The Morgan fingerprint density at radius 3 is 1.57 bits per heavy atom. The molecule has 3 heterocycles. The van der Waals surface area contributed by atoms with Gasteiger partial charge in [0.1, 0.15) is 0 Å². The van der Waals surface area contributed by atoms with E-state index in [1.54, 1.807) is 0 Å². The first-order chi connectivity index (χ1) is 10.8. The highest BCUT2D eigenvalue weighted by Gasteiger charge is 2.44. The minimum Gasteiger partial charge on any atom is -0.299 e. The molecular weight excluding hydrogens is 304 g/mol. The van der Waals surface area contributed by atoms with Gasteiger partial charge in [0.15, 0.2) is 0 Å². The van der Waals surface area contributed by atoms with Crippen LogP contribution in [-0.2, 0) is 12.8 Å². The molecule has 23 heavy (non-hydrogen) atoms. The molecule has 0 atom stereocenters. The van der Waals surface area contributed by atoms with Gasteiger partial charge in [-0.3, -0.25) is 9.80 Å². The largest absolute Gasteiger partial charge is 0.299 e. The summed E-state index contributed by atoms with van der Waals surface area (Å²) in [6, 6.07) is 22.0. The standard InChI is InChI=1S/C20H24N2.ClH/c1-3-7-18(8-4-1)15-20(16-19-9-5-2-6-10-19)17-21-11-13-22(20)14-12-21;/h1-10H,11-17H2;1H. The quantitative estimate of drug-likeness (QED) is 0.850. The highest BCUT2D eigenvalue weighted by Crippen LogP contribution is 2.33. The number of halogens is 1. The lowest BCUT2D eigenvalue weighted by atomic mass is 9.79. The predicted molar refractivity (Wildman–Crippen MR) is 98.3 cm³/mol. The average molecular weight is 329 g/mol. The first-order valence-electron chi connectivity index (χ1n) is 8.39. The Morgan fingerprint density at radius 1 is 0.696 bits per heavy atom. The molecule has 0 N–H and O–H groups in total. The van der Waals surface area contributed by atoms with Gasteiger partial charge in [0.25, 0.3) is 0 Å². The molecule has 3 heteroatoms. The van der Waals surface area contributed by atoms with Gasteiger partial charge >= 0.3 is 0 Å². The molecule has 0 radical (unpaired) electrons. The Hall–Kier alpha value is -1.35. The molecular formula is C20H25ClN2. The summed E-state index contributed by atoms with van der Waals surface area (Å²) in [7, 11) is 0. The molecule has 3 fully saturated rings. The molecule has 5 rings (SSSR count). The van der Waals surface area contributed by atoms with Crippen molar-refractivity contribution < 1.29 is 0 Å². The van der Waals surface area contributed by atoms with E-state index in [1.165, 1.54) is 43.9 Å². The average Bonchev–Trinajstić information content (AvgIpc) is 2.57. The van der Waals surface area contributed by atoms with Gasteiger partial charge in [0, 0.05) is 38.3 Å². The van der Waals surface area contributed by atoms with E-state index >= 15 is 0 Å². The number of fused-ring (bicyclic) bond motifs is 3. The monoisotopic (exact) mass is 328 g/mol. The van der Waals surface area contributed by atoms with E-state index in [4.69, 9.17) is 0 Å². The molecule has 3 aliphatic rings. The van der Waals surface area contributed by atoms with Gasteiger partial charge in [-0.15, -0.1) is 12.4 Å². The summed E-state index contributed by atoms with van der Waals surface area (Å²) in [5, 5.41) is 0. The van der Waals surface area contributed by atoms with Crippen molar-refractivity contribution in [2.75, 3.05) is 32.7 Å². The number of nitrogens with zero attached hydrogens (tertiary/aromatic N) is 2. The number of hydrogen-bond donors (Lipinski definition) is 0. The SMILES string of the molecule is Cl.c1ccc(CC2(Cc3ccccc3)CN3CCN2CC3)cc1. The number of piperazine rings is 3. The summed E-state index contributed by atoms with van der Waals surface area (Å²) in [5.74, 6) is 0. The fourth-order valence-corrected chi connectivity index (χ4v) is 4.25. The van der Waals surface area contributed by atoms with Crippen LogP contribution in [0.25, 0.3) is 0 Å². The van der Waals surface area contributed by atoms with Gasteiger partial charge in [0.2, 0.25) is 0 Å². The zero-order chi connectivity index (χ0) is 14.8. The Labute approximate surface area is 145 Å². The van der Waals surface area contributed by atoms with Crippen LogP contribution >= 0.6 is 12.4 Å². The fourth-order valence-electron chi connectivity index (χ4n) is 4.25. The zero-order valence-electron chi connectivity index (χ0n) is 13.5. The topological polar surface area (TPSA) is 6.48 Å². The molecule has 2 aromatic rings. The third-order valence-corrected chi connectivity index (χ3v) is 5.31. The lowest BCUT2D eigenvalue weighted by Gasteiger charge is -2.56. The zero-order valence-corrected chi connectivity index (χ0v) is 14.3. The fraction of sp³-hybridized carbons (Fsp3) is 0.400. The molecule has 0 spiro atoms. The molecule has 122 valence electrons. The summed E-state index contributed by atoms with van der Waals surface area (Å²) in [6.45, 7) is 6.13. The lowest BCUT2D eigenvalue weighted by Crippen LogP contribution is -2.70. The van der Waals surface area contributed by atoms with E-state index in [9.17, 15) is 0 Å². The van der Waals surface area contributed by atoms with Gasteiger partial charge in [-0.05, 0) is 24.0 Å². The first-order valence-corrected chi connectivity index (χ1v) is 8.39. The van der Waals surface area contributed by atoms with Crippen LogP contribution in [-0.4, -0.2) is 48.1 Å². The third-order valence-electron chi connectivity index (χ3n) is 5.31. The minimum atomic E-state index is 0. The van der Waals surface area contributed by atoms with Crippen LogP contribution in [0, 0.1) is 0 Å². The van der Waals surface area contributed by atoms with Crippen LogP contribution in [0.5, 0.6) is 0 Å². The second-order valence-electron chi connectivity index (χ2n) is 6.81. The van der Waals surface area contributed by atoms with Crippen molar-refractivity contribution in [3.8, 4) is 0 Å². The molecule has 0 saturated carbocycles. The molecule has 0 amide bonds. The van der Waals surface area contributed by atoms with Crippen molar-refractivity contribution in [2.45, 2.75) is 18.4 Å². The Kier molecular flexibility index (Phi) is 5.05. The van der Waals surface area contributed by atoms with Gasteiger partial charge in [-0.25, -0.2) is 0 Å². The molecule has 3 aliphatic heterocycles. The first kappa shape index (κ1) is 16.5. The summed E-state index contributed by atoms with van der Waals surface area (Å²) in [4.78, 5) is 5.42. The van der Waals surface area contributed by atoms with Crippen molar-refractivity contribution in [3.63, 3.8) is 0 Å². The van der Waals surface area contributed by atoms with Crippen LogP contribution < -0.4 is 0 Å². The maximum absolute atomic E-state index is 2.76. The molecule has 2 aromatic carbocycles. The van der Waals surface area contributed by atoms with Crippen molar-refractivity contribution >= 4 is 12.4 Å². The highest BCUT2D eigenvalue weighted by molar-refractivity contribution is 5.85. The van der Waals surface area contributed by atoms with E-state index in [1.807, 2.05) is 0 Å². The molecule has 0 aromatic heterocycles. The molecule has 2 bridgehead atoms. The highest BCUT2D eigenvalue weighted by atomic mass is 35.5. The normalized spacial score (nSPS) is 24.9. The van der Waals surface area contributed by atoms with Crippen LogP contribution in [0.4, 0.5) is 0 Å². The van der Waals surface area contributed by atoms with Crippen molar-refractivity contribution in [3.05, 3.63) is 71.8 Å². The molecule has 3 saturated heterocycles. The minimum absolute atomic E-state index is 0. The smallest absolute Gasteiger partial charge is 0.0417 e. The lowest BCUT2D eigenvalue weighted by molar-refractivity contribution is -0.0542. The maximum Gasteiger partial charge on any atom is 0.0417 e. The second-order valence-corrected chi connectivity index (χ2v) is 6.81. The number of rotatable bonds is 4. The summed E-state index contributed by atoms with van der Waals surface area (Å²) in [5.41, 5.74) is 3.19. The van der Waals surface area contributed by atoms with Gasteiger partial charge in [0.05, 0.1) is 0 Å². The summed E-state index contributed by atoms with van der Waals surface area (Å²) >= 11 is 0.